The first-order chi connectivity index (χ1) is 15.9. The van der Waals surface area contributed by atoms with Gasteiger partial charge in [-0.25, -0.2) is 5.43 Å². The molecule has 33 heavy (non-hydrogen) atoms. The summed E-state index contributed by atoms with van der Waals surface area (Å²) in [6.07, 6.45) is 1.95. The Bertz CT molecular complexity index is 1130. The predicted molar refractivity (Wildman–Crippen MR) is 131 cm³/mol. The molecule has 0 radical (unpaired) electrons. The van der Waals surface area contributed by atoms with Gasteiger partial charge in [-0.1, -0.05) is 71.2 Å². The van der Waals surface area contributed by atoms with Crippen LogP contribution in [0.5, 0.6) is 5.75 Å². The Labute approximate surface area is 206 Å². The molecule has 0 saturated heterocycles. The van der Waals surface area contributed by atoms with Crippen molar-refractivity contribution in [1.29, 1.82) is 0 Å². The maximum atomic E-state index is 12.0. The second-order valence-electron chi connectivity index (χ2n) is 6.86. The van der Waals surface area contributed by atoms with Gasteiger partial charge in [-0.15, -0.1) is 0 Å². The van der Waals surface area contributed by atoms with E-state index in [-0.39, 0.29) is 6.61 Å². The largest absolute Gasteiger partial charge is 0.488 e. The maximum absolute atomic E-state index is 12.0. The van der Waals surface area contributed by atoms with E-state index < -0.39 is 11.8 Å². The second kappa shape index (κ2) is 12.3. The molecule has 0 heterocycles. The first-order valence-electron chi connectivity index (χ1n) is 9.94. The van der Waals surface area contributed by atoms with Crippen LogP contribution < -0.4 is 15.5 Å². The summed E-state index contributed by atoms with van der Waals surface area (Å²) in [5, 5.41) is 7.81. The molecule has 170 valence electrons. The number of hydrogen-bond acceptors (Lipinski definition) is 4. The summed E-state index contributed by atoms with van der Waals surface area (Å²) < 4.78 is 5.83. The lowest BCUT2D eigenvalue weighted by Crippen LogP contribution is -2.38. The molecule has 0 aliphatic rings. The van der Waals surface area contributed by atoms with E-state index in [0.717, 1.165) is 5.56 Å². The molecule has 3 aromatic carbocycles. The lowest BCUT2D eigenvalue weighted by Gasteiger charge is -2.12. The molecule has 0 aromatic heterocycles. The second-order valence-corrected chi connectivity index (χ2v) is 8.11. The molecule has 3 aromatic rings. The summed E-state index contributed by atoms with van der Waals surface area (Å²) in [6.45, 7) is 0.452. The fourth-order valence-electron chi connectivity index (χ4n) is 2.83. The molecule has 3 rings (SSSR count). The maximum Gasteiger partial charge on any atom is 0.329 e. The molecule has 0 saturated carbocycles. The van der Waals surface area contributed by atoms with Crippen LogP contribution in [0.2, 0.25) is 15.1 Å². The zero-order chi connectivity index (χ0) is 23.6. The minimum atomic E-state index is -0.883. The smallest absolute Gasteiger partial charge is 0.329 e. The first kappa shape index (κ1) is 24.6. The van der Waals surface area contributed by atoms with Crippen molar-refractivity contribution in [2.75, 3.05) is 6.54 Å². The van der Waals surface area contributed by atoms with E-state index in [2.05, 4.69) is 15.8 Å². The molecular formula is C24H20Cl3N3O3. The van der Waals surface area contributed by atoms with E-state index >= 15 is 0 Å². The van der Waals surface area contributed by atoms with Crippen molar-refractivity contribution >= 4 is 52.8 Å². The minimum absolute atomic E-state index is 0.122. The van der Waals surface area contributed by atoms with E-state index in [1.165, 1.54) is 6.21 Å². The van der Waals surface area contributed by atoms with Crippen LogP contribution in [0, 0.1) is 0 Å². The molecule has 0 aliphatic carbocycles. The lowest BCUT2D eigenvalue weighted by molar-refractivity contribution is -0.139. The minimum Gasteiger partial charge on any atom is -0.488 e. The number of rotatable bonds is 8. The van der Waals surface area contributed by atoms with Gasteiger partial charge in [-0.3, -0.25) is 9.59 Å². The number of benzene rings is 3. The van der Waals surface area contributed by atoms with Crippen LogP contribution in [-0.2, 0) is 22.6 Å². The third kappa shape index (κ3) is 7.49. The number of nitrogens with zero attached hydrogens (tertiary/aromatic N) is 1. The zero-order valence-electron chi connectivity index (χ0n) is 17.4. The van der Waals surface area contributed by atoms with E-state index in [4.69, 9.17) is 39.5 Å². The third-order valence-electron chi connectivity index (χ3n) is 4.52. The summed E-state index contributed by atoms with van der Waals surface area (Å²) in [5.74, 6) is -1.22. The van der Waals surface area contributed by atoms with Gasteiger partial charge >= 0.3 is 11.8 Å². The monoisotopic (exact) mass is 503 g/mol. The Morgan fingerprint density at radius 1 is 0.909 bits per heavy atom. The number of amides is 2. The number of ether oxygens (including phenoxy) is 1. The zero-order valence-corrected chi connectivity index (χ0v) is 19.6. The number of hydrazone groups is 1. The van der Waals surface area contributed by atoms with Crippen molar-refractivity contribution < 1.29 is 14.3 Å². The molecule has 0 bridgehead atoms. The topological polar surface area (TPSA) is 79.8 Å². The van der Waals surface area contributed by atoms with Crippen LogP contribution in [0.1, 0.15) is 16.7 Å². The predicted octanol–water partition coefficient (Wildman–Crippen LogP) is 5.03. The average molecular weight is 505 g/mol. The van der Waals surface area contributed by atoms with Gasteiger partial charge in [0.25, 0.3) is 0 Å². The summed E-state index contributed by atoms with van der Waals surface area (Å²) in [5.41, 5.74) is 4.39. The quantitative estimate of drug-likeness (QED) is 0.256. The van der Waals surface area contributed by atoms with Crippen molar-refractivity contribution in [3.63, 3.8) is 0 Å². The highest BCUT2D eigenvalue weighted by Crippen LogP contribution is 2.27. The standard InChI is InChI=1S/C24H20Cl3N3O3/c25-18-9-10-22(33-15-19-20(26)7-4-8-21(19)27)17(13-18)14-29-30-24(32)23(31)28-12-11-16-5-2-1-3-6-16/h1-10,13-14H,11-12,15H2,(H,28,31)(H,30,32)/b29-14-. The number of halogens is 3. The molecule has 0 atom stereocenters. The number of nitrogens with one attached hydrogen (secondary N) is 2. The van der Waals surface area contributed by atoms with E-state index in [1.54, 1.807) is 36.4 Å². The number of carbonyl (C=O) groups is 2. The van der Waals surface area contributed by atoms with Crippen molar-refractivity contribution in [2.24, 2.45) is 5.10 Å². The lowest BCUT2D eigenvalue weighted by atomic mass is 10.1. The Morgan fingerprint density at radius 2 is 1.64 bits per heavy atom. The van der Waals surface area contributed by atoms with E-state index in [1.807, 2.05) is 30.3 Å². The summed E-state index contributed by atoms with van der Waals surface area (Å²) >= 11 is 18.4. The molecule has 0 aliphatic heterocycles. The van der Waals surface area contributed by atoms with Crippen LogP contribution in [0.4, 0.5) is 0 Å². The fraction of sp³-hybridized carbons (Fsp3) is 0.125. The number of hydrogen-bond donors (Lipinski definition) is 2. The highest BCUT2D eigenvalue weighted by atomic mass is 35.5. The molecule has 0 unspecified atom stereocenters. The Morgan fingerprint density at radius 3 is 2.36 bits per heavy atom. The van der Waals surface area contributed by atoms with Gasteiger partial charge in [0, 0.05) is 32.7 Å². The van der Waals surface area contributed by atoms with Crippen LogP contribution in [0.15, 0.2) is 71.8 Å². The van der Waals surface area contributed by atoms with Gasteiger partial charge in [-0.05, 0) is 42.3 Å². The summed E-state index contributed by atoms with van der Waals surface area (Å²) in [4.78, 5) is 23.9. The van der Waals surface area contributed by atoms with Crippen LogP contribution in [0.25, 0.3) is 0 Å². The highest BCUT2D eigenvalue weighted by molar-refractivity contribution is 6.36. The van der Waals surface area contributed by atoms with E-state index in [9.17, 15) is 9.59 Å². The van der Waals surface area contributed by atoms with Gasteiger partial charge in [0.2, 0.25) is 0 Å². The molecule has 2 N–H and O–H groups in total. The Hall–Kier alpha value is -3.06. The molecular weight excluding hydrogens is 485 g/mol. The van der Waals surface area contributed by atoms with Crippen LogP contribution >= 0.6 is 34.8 Å². The van der Waals surface area contributed by atoms with Gasteiger partial charge in [0.15, 0.2) is 0 Å². The van der Waals surface area contributed by atoms with Crippen molar-refractivity contribution in [3.8, 4) is 5.75 Å². The van der Waals surface area contributed by atoms with Crippen LogP contribution in [-0.4, -0.2) is 24.6 Å². The molecule has 6 nitrogen and oxygen atoms in total. The SMILES string of the molecule is O=C(NCCc1ccccc1)C(=O)N/N=C\c1cc(Cl)ccc1OCc1c(Cl)cccc1Cl. The fourth-order valence-corrected chi connectivity index (χ4v) is 3.52. The normalized spacial score (nSPS) is 10.8. The molecule has 2 amide bonds. The van der Waals surface area contributed by atoms with Crippen molar-refractivity contribution in [1.82, 2.24) is 10.7 Å². The van der Waals surface area contributed by atoms with E-state index in [0.29, 0.717) is 44.9 Å². The van der Waals surface area contributed by atoms with Crippen LogP contribution in [0.3, 0.4) is 0 Å². The van der Waals surface area contributed by atoms with Gasteiger partial charge in [-0.2, -0.15) is 5.10 Å². The Kier molecular flexibility index (Phi) is 9.13. The highest BCUT2D eigenvalue weighted by Gasteiger charge is 2.12. The first-order valence-corrected chi connectivity index (χ1v) is 11.1. The van der Waals surface area contributed by atoms with Gasteiger partial charge in [0.05, 0.1) is 6.21 Å². The third-order valence-corrected chi connectivity index (χ3v) is 5.47. The number of carbonyl (C=O) groups excluding carboxylic acids is 2. The summed E-state index contributed by atoms with van der Waals surface area (Å²) in [7, 11) is 0. The molecule has 0 spiro atoms. The molecule has 0 fully saturated rings. The van der Waals surface area contributed by atoms with Gasteiger partial charge in [0.1, 0.15) is 12.4 Å². The van der Waals surface area contributed by atoms with Crippen molar-refractivity contribution in [2.45, 2.75) is 13.0 Å². The molecule has 9 heteroatoms. The van der Waals surface area contributed by atoms with Gasteiger partial charge < -0.3 is 10.1 Å². The Balaban J connectivity index is 1.56. The summed E-state index contributed by atoms with van der Waals surface area (Å²) in [6, 6.07) is 19.7. The average Bonchev–Trinajstić information content (AvgIpc) is 2.80. The van der Waals surface area contributed by atoms with Crippen molar-refractivity contribution in [3.05, 3.63) is 98.5 Å².